The molecule has 6 heteroatoms. The van der Waals surface area contributed by atoms with Crippen molar-refractivity contribution in [3.63, 3.8) is 0 Å². The Hall–Kier alpha value is -1.28. The van der Waals surface area contributed by atoms with Gasteiger partial charge in [0.05, 0.1) is 13.7 Å². The van der Waals surface area contributed by atoms with Gasteiger partial charge in [-0.2, -0.15) is 0 Å². The maximum Gasteiger partial charge on any atom is 0.191 e. The van der Waals surface area contributed by atoms with E-state index in [-0.39, 0.29) is 24.0 Å². The van der Waals surface area contributed by atoms with Gasteiger partial charge in [0.15, 0.2) is 5.96 Å². The molecule has 1 aromatic heterocycles. The lowest BCUT2D eigenvalue weighted by atomic mass is 10.1. The molecule has 0 amide bonds. The van der Waals surface area contributed by atoms with Gasteiger partial charge in [0.1, 0.15) is 5.75 Å². The number of hydrogen-bond acceptors (Lipinski definition) is 3. The van der Waals surface area contributed by atoms with Gasteiger partial charge in [-0.1, -0.05) is 12.1 Å². The maximum absolute atomic E-state index is 5.43. The Balaban J connectivity index is 0.00000264. The number of rotatable bonds is 5. The zero-order valence-corrected chi connectivity index (χ0v) is 17.1. The number of nitrogens with one attached hydrogen (secondary N) is 2. The fourth-order valence-electron chi connectivity index (χ4n) is 2.15. The second kappa shape index (κ2) is 9.77. The number of nitrogens with zero attached hydrogens (tertiary/aromatic N) is 1. The van der Waals surface area contributed by atoms with Crippen LogP contribution in [0.5, 0.6) is 5.75 Å². The summed E-state index contributed by atoms with van der Waals surface area (Å²) < 4.78 is 5.43. The molecule has 1 aromatic carbocycles. The van der Waals surface area contributed by atoms with Crippen LogP contribution in [-0.2, 0) is 13.1 Å². The summed E-state index contributed by atoms with van der Waals surface area (Å²) in [4.78, 5) is 6.88. The van der Waals surface area contributed by atoms with Gasteiger partial charge in [0.25, 0.3) is 0 Å². The standard InChI is InChI=1S/C17H23N3OS.HI/c1-12-5-7-14(16(9-12)21-4)10-19-17(18-3)20-11-15-8-6-13(2)22-15;/h5-9H,10-11H2,1-4H3,(H2,18,19,20);1H. The molecular formula is C17H24IN3OS. The van der Waals surface area contributed by atoms with Crippen LogP contribution in [-0.4, -0.2) is 20.1 Å². The zero-order valence-electron chi connectivity index (χ0n) is 14.0. The summed E-state index contributed by atoms with van der Waals surface area (Å²) >= 11 is 1.80. The van der Waals surface area contributed by atoms with Crippen LogP contribution in [0, 0.1) is 13.8 Å². The van der Waals surface area contributed by atoms with E-state index < -0.39 is 0 Å². The lowest BCUT2D eigenvalue weighted by molar-refractivity contribution is 0.408. The van der Waals surface area contributed by atoms with Crippen LogP contribution < -0.4 is 15.4 Å². The average molecular weight is 445 g/mol. The van der Waals surface area contributed by atoms with Gasteiger partial charge >= 0.3 is 0 Å². The molecule has 0 atom stereocenters. The fourth-order valence-corrected chi connectivity index (χ4v) is 2.98. The van der Waals surface area contributed by atoms with Crippen LogP contribution >= 0.6 is 35.3 Å². The molecule has 0 saturated carbocycles. The Morgan fingerprint density at radius 1 is 1.13 bits per heavy atom. The van der Waals surface area contributed by atoms with Crippen molar-refractivity contribution >= 4 is 41.3 Å². The molecule has 0 saturated heterocycles. The zero-order chi connectivity index (χ0) is 15.9. The van der Waals surface area contributed by atoms with E-state index in [9.17, 15) is 0 Å². The minimum Gasteiger partial charge on any atom is -0.496 e. The van der Waals surface area contributed by atoms with Gasteiger partial charge in [-0.25, -0.2) is 0 Å². The quantitative estimate of drug-likeness (QED) is 0.418. The van der Waals surface area contributed by atoms with Crippen molar-refractivity contribution in [3.8, 4) is 5.75 Å². The highest BCUT2D eigenvalue weighted by Crippen LogP contribution is 2.19. The average Bonchev–Trinajstić information content (AvgIpc) is 2.94. The van der Waals surface area contributed by atoms with Crippen molar-refractivity contribution in [2.24, 2.45) is 4.99 Å². The third-order valence-electron chi connectivity index (χ3n) is 3.34. The second-order valence-corrected chi connectivity index (χ2v) is 6.48. The first-order valence-corrected chi connectivity index (χ1v) is 8.07. The van der Waals surface area contributed by atoms with E-state index >= 15 is 0 Å². The smallest absolute Gasteiger partial charge is 0.191 e. The molecule has 4 nitrogen and oxygen atoms in total. The predicted octanol–water partition coefficient (Wildman–Crippen LogP) is 3.86. The summed E-state index contributed by atoms with van der Waals surface area (Å²) in [6.45, 7) is 5.63. The second-order valence-electron chi connectivity index (χ2n) is 5.11. The van der Waals surface area contributed by atoms with Crippen molar-refractivity contribution in [1.82, 2.24) is 10.6 Å². The molecular weight excluding hydrogens is 421 g/mol. The third kappa shape index (κ3) is 6.02. The molecule has 1 heterocycles. The van der Waals surface area contributed by atoms with Crippen LogP contribution in [0.2, 0.25) is 0 Å². The molecule has 0 aliphatic rings. The van der Waals surface area contributed by atoms with E-state index in [1.54, 1.807) is 25.5 Å². The minimum atomic E-state index is 0. The van der Waals surface area contributed by atoms with E-state index in [1.165, 1.54) is 15.3 Å². The highest BCUT2D eigenvalue weighted by Gasteiger charge is 2.05. The summed E-state index contributed by atoms with van der Waals surface area (Å²) in [6.07, 6.45) is 0. The summed E-state index contributed by atoms with van der Waals surface area (Å²) in [6, 6.07) is 10.5. The normalized spacial score (nSPS) is 10.9. The summed E-state index contributed by atoms with van der Waals surface area (Å²) in [7, 11) is 3.48. The number of halogens is 1. The summed E-state index contributed by atoms with van der Waals surface area (Å²) in [5.74, 6) is 1.69. The number of aryl methyl sites for hydroxylation is 2. The highest BCUT2D eigenvalue weighted by atomic mass is 127. The SMILES string of the molecule is CN=C(NCc1ccc(C)s1)NCc1ccc(C)cc1OC.I. The molecule has 0 bridgehead atoms. The van der Waals surface area contributed by atoms with Crippen molar-refractivity contribution < 1.29 is 4.74 Å². The molecule has 0 radical (unpaired) electrons. The van der Waals surface area contributed by atoms with Crippen LogP contribution in [0.3, 0.4) is 0 Å². The summed E-state index contributed by atoms with van der Waals surface area (Å²) in [5.41, 5.74) is 2.30. The van der Waals surface area contributed by atoms with E-state index in [0.717, 1.165) is 23.8 Å². The number of benzene rings is 1. The Morgan fingerprint density at radius 2 is 1.87 bits per heavy atom. The first-order valence-electron chi connectivity index (χ1n) is 7.25. The van der Waals surface area contributed by atoms with Gasteiger partial charge in [-0.3, -0.25) is 4.99 Å². The van der Waals surface area contributed by atoms with Gasteiger partial charge in [-0.05, 0) is 37.6 Å². The molecule has 0 fully saturated rings. The molecule has 126 valence electrons. The third-order valence-corrected chi connectivity index (χ3v) is 4.34. The maximum atomic E-state index is 5.43. The van der Waals surface area contributed by atoms with Crippen LogP contribution in [0.25, 0.3) is 0 Å². The number of thiophene rings is 1. The van der Waals surface area contributed by atoms with Crippen molar-refractivity contribution in [2.75, 3.05) is 14.2 Å². The Morgan fingerprint density at radius 3 is 2.48 bits per heavy atom. The van der Waals surface area contributed by atoms with Crippen LogP contribution in [0.15, 0.2) is 35.3 Å². The first kappa shape index (κ1) is 19.8. The molecule has 0 unspecified atom stereocenters. The molecule has 2 N–H and O–H groups in total. The van der Waals surface area contributed by atoms with Gasteiger partial charge in [0.2, 0.25) is 0 Å². The number of hydrogen-bond donors (Lipinski definition) is 2. The molecule has 2 aromatic rings. The molecule has 2 rings (SSSR count). The summed E-state index contributed by atoms with van der Waals surface area (Å²) in [5, 5.41) is 6.65. The monoisotopic (exact) mass is 445 g/mol. The largest absolute Gasteiger partial charge is 0.496 e. The first-order chi connectivity index (χ1) is 10.6. The number of aliphatic imine (C=N–C) groups is 1. The fraction of sp³-hybridized carbons (Fsp3) is 0.353. The van der Waals surface area contributed by atoms with Crippen LogP contribution in [0.1, 0.15) is 20.9 Å². The van der Waals surface area contributed by atoms with E-state index in [1.807, 2.05) is 6.07 Å². The Kier molecular flexibility index (Phi) is 8.40. The van der Waals surface area contributed by atoms with E-state index in [4.69, 9.17) is 4.74 Å². The number of ether oxygens (including phenoxy) is 1. The van der Waals surface area contributed by atoms with Gasteiger partial charge in [0, 0.05) is 28.9 Å². The Bertz CT molecular complexity index is 655. The van der Waals surface area contributed by atoms with Gasteiger partial charge < -0.3 is 15.4 Å². The van der Waals surface area contributed by atoms with Gasteiger partial charge in [-0.15, -0.1) is 35.3 Å². The van der Waals surface area contributed by atoms with E-state index in [0.29, 0.717) is 6.54 Å². The van der Waals surface area contributed by atoms with Crippen molar-refractivity contribution in [3.05, 3.63) is 51.2 Å². The van der Waals surface area contributed by atoms with Crippen LogP contribution in [0.4, 0.5) is 0 Å². The lowest BCUT2D eigenvalue weighted by Crippen LogP contribution is -2.36. The molecule has 0 aliphatic heterocycles. The lowest BCUT2D eigenvalue weighted by Gasteiger charge is -2.13. The van der Waals surface area contributed by atoms with E-state index in [2.05, 4.69) is 53.7 Å². The Labute approximate surface area is 159 Å². The number of methoxy groups -OCH3 is 1. The topological polar surface area (TPSA) is 45.7 Å². The number of guanidine groups is 1. The van der Waals surface area contributed by atoms with Crippen molar-refractivity contribution in [1.29, 1.82) is 0 Å². The van der Waals surface area contributed by atoms with Crippen molar-refractivity contribution in [2.45, 2.75) is 26.9 Å². The predicted molar refractivity (Wildman–Crippen MR) is 109 cm³/mol. The highest BCUT2D eigenvalue weighted by molar-refractivity contribution is 14.0. The molecule has 0 aliphatic carbocycles. The molecule has 23 heavy (non-hydrogen) atoms. The minimum absolute atomic E-state index is 0. The molecule has 0 spiro atoms.